The molecule has 9 heteroatoms. The first kappa shape index (κ1) is 20.4. The Labute approximate surface area is 171 Å². The van der Waals surface area contributed by atoms with E-state index < -0.39 is 23.7 Å². The van der Waals surface area contributed by atoms with Crippen molar-refractivity contribution in [3.63, 3.8) is 0 Å². The van der Waals surface area contributed by atoms with Gasteiger partial charge in [-0.25, -0.2) is 19.4 Å². The molecule has 0 radical (unpaired) electrons. The maximum atomic E-state index is 11.9. The van der Waals surface area contributed by atoms with Crippen molar-refractivity contribution in [1.29, 1.82) is 0 Å². The van der Waals surface area contributed by atoms with Crippen LogP contribution in [0.4, 0.5) is 5.69 Å². The number of pyridine rings is 1. The van der Waals surface area contributed by atoms with Gasteiger partial charge in [-0.15, -0.1) is 0 Å². The molecule has 0 amide bonds. The molecule has 1 aromatic carbocycles. The first-order chi connectivity index (χ1) is 13.8. The monoisotopic (exact) mass is 414 g/mol. The number of cyclic esters (lactones) is 2. The summed E-state index contributed by atoms with van der Waals surface area (Å²) in [4.78, 5) is 40.6. The molecule has 2 heterocycles. The predicted octanol–water partition coefficient (Wildman–Crippen LogP) is 3.15. The second-order valence-corrected chi connectivity index (χ2v) is 7.48. The van der Waals surface area contributed by atoms with Gasteiger partial charge in [-0.2, -0.15) is 0 Å². The number of carbonyl (C=O) groups is 3. The van der Waals surface area contributed by atoms with Crippen LogP contribution in [0.5, 0.6) is 0 Å². The molecule has 0 unspecified atom stereocenters. The van der Waals surface area contributed by atoms with Crippen molar-refractivity contribution in [1.82, 2.24) is 4.98 Å². The number of hydrogen-bond donors (Lipinski definition) is 1. The highest BCUT2D eigenvalue weighted by Gasteiger charge is 2.38. The van der Waals surface area contributed by atoms with Gasteiger partial charge in [0.15, 0.2) is 5.57 Å². The van der Waals surface area contributed by atoms with E-state index in [1.54, 1.807) is 30.5 Å². The zero-order valence-corrected chi connectivity index (χ0v) is 16.7. The Kier molecular flexibility index (Phi) is 5.88. The van der Waals surface area contributed by atoms with Crippen molar-refractivity contribution < 1.29 is 28.6 Å². The van der Waals surface area contributed by atoms with Gasteiger partial charge in [-0.05, 0) is 36.4 Å². The lowest BCUT2D eigenvalue weighted by Gasteiger charge is -2.29. The van der Waals surface area contributed by atoms with E-state index in [4.69, 9.17) is 14.2 Å². The summed E-state index contributed by atoms with van der Waals surface area (Å²) >= 11 is 1.37. The number of anilines is 1. The zero-order valence-electron chi connectivity index (χ0n) is 15.9. The Morgan fingerprint density at radius 2 is 1.79 bits per heavy atom. The minimum absolute atomic E-state index is 0.216. The summed E-state index contributed by atoms with van der Waals surface area (Å²) in [5.41, 5.74) is 0.861. The highest BCUT2D eigenvalue weighted by molar-refractivity contribution is 7.99. The molecular weight excluding hydrogens is 396 g/mol. The summed E-state index contributed by atoms with van der Waals surface area (Å²) in [5, 5.41) is 3.52. The third-order valence-corrected chi connectivity index (χ3v) is 4.67. The molecule has 0 saturated carbocycles. The molecule has 1 aromatic heterocycles. The standard InChI is InChI=1S/C20H18N2O6S/c1-20(2)27-18(24)15(19(25)28-20)11-22-13-4-6-14(7-5-13)29-16-10-12(8-9-21-16)17(23)26-3/h4-11,22H,1-3H3. The van der Waals surface area contributed by atoms with E-state index in [2.05, 4.69) is 10.3 Å². The van der Waals surface area contributed by atoms with E-state index >= 15 is 0 Å². The fourth-order valence-corrected chi connectivity index (χ4v) is 3.20. The topological polar surface area (TPSA) is 104 Å². The van der Waals surface area contributed by atoms with E-state index in [1.807, 2.05) is 12.1 Å². The van der Waals surface area contributed by atoms with Gasteiger partial charge in [-0.1, -0.05) is 11.8 Å². The van der Waals surface area contributed by atoms with E-state index in [-0.39, 0.29) is 5.57 Å². The summed E-state index contributed by atoms with van der Waals surface area (Å²) in [6, 6.07) is 10.4. The largest absolute Gasteiger partial charge is 0.465 e. The molecule has 0 spiro atoms. The van der Waals surface area contributed by atoms with Crippen LogP contribution < -0.4 is 5.32 Å². The van der Waals surface area contributed by atoms with Crippen LogP contribution in [0.15, 0.2) is 64.3 Å². The highest BCUT2D eigenvalue weighted by atomic mass is 32.2. The number of esters is 3. The van der Waals surface area contributed by atoms with Gasteiger partial charge in [0, 0.05) is 36.8 Å². The van der Waals surface area contributed by atoms with Gasteiger partial charge in [0.25, 0.3) is 5.79 Å². The van der Waals surface area contributed by atoms with Gasteiger partial charge in [0.05, 0.1) is 12.7 Å². The van der Waals surface area contributed by atoms with Gasteiger partial charge in [0.2, 0.25) is 0 Å². The minimum Gasteiger partial charge on any atom is -0.465 e. The molecule has 0 atom stereocenters. The molecule has 1 saturated heterocycles. The summed E-state index contributed by atoms with van der Waals surface area (Å²) in [6.07, 6.45) is 2.80. The number of aromatic nitrogens is 1. The molecule has 3 rings (SSSR count). The van der Waals surface area contributed by atoms with Gasteiger partial charge >= 0.3 is 17.9 Å². The predicted molar refractivity (Wildman–Crippen MR) is 104 cm³/mol. The quantitative estimate of drug-likeness (QED) is 0.449. The summed E-state index contributed by atoms with van der Waals surface area (Å²) in [7, 11) is 1.32. The molecular formula is C20H18N2O6S. The van der Waals surface area contributed by atoms with E-state index in [9.17, 15) is 14.4 Å². The van der Waals surface area contributed by atoms with Crippen LogP contribution in [0.1, 0.15) is 24.2 Å². The number of hydrogen-bond acceptors (Lipinski definition) is 9. The molecule has 8 nitrogen and oxygen atoms in total. The Balaban J connectivity index is 1.66. The molecule has 0 aliphatic carbocycles. The lowest BCUT2D eigenvalue weighted by molar-refractivity contribution is -0.222. The fourth-order valence-electron chi connectivity index (χ4n) is 2.38. The van der Waals surface area contributed by atoms with Gasteiger partial charge in [0.1, 0.15) is 5.03 Å². The molecule has 0 bridgehead atoms. The molecule has 2 aromatic rings. The first-order valence-corrected chi connectivity index (χ1v) is 9.35. The number of rotatable bonds is 5. The van der Waals surface area contributed by atoms with Crippen LogP contribution in [-0.4, -0.2) is 35.8 Å². The van der Waals surface area contributed by atoms with Crippen LogP contribution >= 0.6 is 11.8 Å². The summed E-state index contributed by atoms with van der Waals surface area (Å²) < 4.78 is 14.8. The fraction of sp³-hybridized carbons (Fsp3) is 0.200. The lowest BCUT2D eigenvalue weighted by Crippen LogP contribution is -2.42. The van der Waals surface area contributed by atoms with Crippen molar-refractivity contribution in [3.8, 4) is 0 Å². The highest BCUT2D eigenvalue weighted by Crippen LogP contribution is 2.28. The molecule has 1 aliphatic rings. The maximum Gasteiger partial charge on any atom is 0.350 e. The third-order valence-electron chi connectivity index (χ3n) is 3.73. The average Bonchev–Trinajstić information content (AvgIpc) is 2.67. The normalized spacial score (nSPS) is 15.2. The van der Waals surface area contributed by atoms with Crippen molar-refractivity contribution in [2.45, 2.75) is 29.6 Å². The number of carbonyl (C=O) groups excluding carboxylic acids is 3. The SMILES string of the molecule is COC(=O)c1ccnc(Sc2ccc(NC=C3C(=O)OC(C)(C)OC3=O)cc2)c1. The second kappa shape index (κ2) is 8.36. The van der Waals surface area contributed by atoms with Crippen molar-refractivity contribution >= 4 is 35.4 Å². The number of ether oxygens (including phenoxy) is 3. The maximum absolute atomic E-state index is 11.9. The summed E-state index contributed by atoms with van der Waals surface area (Å²) in [6.45, 7) is 2.97. The number of nitrogens with one attached hydrogen (secondary N) is 1. The Bertz CT molecular complexity index is 963. The number of nitrogens with zero attached hydrogens (tertiary/aromatic N) is 1. The molecule has 29 heavy (non-hydrogen) atoms. The molecule has 1 fully saturated rings. The Morgan fingerprint density at radius 3 is 2.41 bits per heavy atom. The minimum atomic E-state index is -1.27. The first-order valence-electron chi connectivity index (χ1n) is 8.53. The zero-order chi connectivity index (χ0) is 21.0. The van der Waals surface area contributed by atoms with E-state index in [0.717, 1.165) is 4.90 Å². The van der Waals surface area contributed by atoms with Crippen LogP contribution in [-0.2, 0) is 23.8 Å². The van der Waals surface area contributed by atoms with Crippen LogP contribution in [0, 0.1) is 0 Å². The molecule has 1 N–H and O–H groups in total. The third kappa shape index (κ3) is 5.14. The van der Waals surface area contributed by atoms with Crippen molar-refractivity contribution in [2.75, 3.05) is 12.4 Å². The average molecular weight is 414 g/mol. The van der Waals surface area contributed by atoms with Gasteiger partial charge < -0.3 is 19.5 Å². The summed E-state index contributed by atoms with van der Waals surface area (Å²) in [5.74, 6) is -3.20. The van der Waals surface area contributed by atoms with Crippen LogP contribution in [0.25, 0.3) is 0 Å². The van der Waals surface area contributed by atoms with Crippen LogP contribution in [0.2, 0.25) is 0 Å². The van der Waals surface area contributed by atoms with E-state index in [0.29, 0.717) is 16.3 Å². The lowest BCUT2D eigenvalue weighted by atomic mass is 10.2. The van der Waals surface area contributed by atoms with Crippen molar-refractivity contribution in [2.24, 2.45) is 0 Å². The molecule has 150 valence electrons. The number of methoxy groups -OCH3 is 1. The Morgan fingerprint density at radius 1 is 1.14 bits per heavy atom. The Hall–Kier alpha value is -3.33. The van der Waals surface area contributed by atoms with E-state index in [1.165, 1.54) is 38.9 Å². The smallest absolute Gasteiger partial charge is 0.350 e. The van der Waals surface area contributed by atoms with Crippen molar-refractivity contribution in [3.05, 3.63) is 59.9 Å². The second-order valence-electron chi connectivity index (χ2n) is 6.38. The van der Waals surface area contributed by atoms with Gasteiger partial charge in [-0.3, -0.25) is 0 Å². The number of benzene rings is 1. The molecule has 1 aliphatic heterocycles. The van der Waals surface area contributed by atoms with Crippen LogP contribution in [0.3, 0.4) is 0 Å².